The predicted molar refractivity (Wildman–Crippen MR) is 116 cm³/mol. The number of ether oxygens (including phenoxy) is 1. The molecule has 1 heterocycles. The van der Waals surface area contributed by atoms with E-state index < -0.39 is 0 Å². The smallest absolute Gasteiger partial charge is 0.250 e. The van der Waals surface area contributed by atoms with Gasteiger partial charge < -0.3 is 19.6 Å². The molecular formula is C22H20N2O4S. The second-order valence-electron chi connectivity index (χ2n) is 6.03. The summed E-state index contributed by atoms with van der Waals surface area (Å²) in [6.45, 7) is -0.172. The molecule has 0 atom stereocenters. The molecule has 6 nitrogen and oxygen atoms in total. The van der Waals surface area contributed by atoms with E-state index in [1.165, 1.54) is 6.08 Å². The number of anilines is 1. The molecule has 1 aromatic heterocycles. The second-order valence-corrected chi connectivity index (χ2v) is 6.43. The molecule has 0 radical (unpaired) electrons. The highest BCUT2D eigenvalue weighted by Crippen LogP contribution is 2.33. The van der Waals surface area contributed by atoms with Crippen LogP contribution in [-0.4, -0.2) is 23.2 Å². The molecule has 2 aromatic carbocycles. The van der Waals surface area contributed by atoms with Gasteiger partial charge in [-0.3, -0.25) is 10.1 Å². The molecular weight excluding hydrogens is 388 g/mol. The summed E-state index contributed by atoms with van der Waals surface area (Å²) in [5.41, 5.74) is 2.31. The van der Waals surface area contributed by atoms with Gasteiger partial charge in [0.15, 0.2) is 5.11 Å². The van der Waals surface area contributed by atoms with Crippen molar-refractivity contribution < 1.29 is 19.1 Å². The first-order valence-electron chi connectivity index (χ1n) is 8.82. The lowest BCUT2D eigenvalue weighted by Crippen LogP contribution is -2.32. The molecule has 148 valence electrons. The van der Waals surface area contributed by atoms with Gasteiger partial charge in [-0.25, -0.2) is 0 Å². The zero-order valence-corrected chi connectivity index (χ0v) is 16.5. The molecule has 0 fully saturated rings. The molecule has 1 amide bonds. The minimum atomic E-state index is -0.331. The van der Waals surface area contributed by atoms with Crippen LogP contribution >= 0.6 is 12.2 Å². The molecule has 3 rings (SSSR count). The number of methoxy groups -OCH3 is 1. The lowest BCUT2D eigenvalue weighted by atomic mass is 10.1. The van der Waals surface area contributed by atoms with Gasteiger partial charge in [0.2, 0.25) is 5.91 Å². The summed E-state index contributed by atoms with van der Waals surface area (Å²) >= 11 is 5.20. The zero-order valence-electron chi connectivity index (χ0n) is 15.7. The number of aliphatic hydroxyl groups is 1. The zero-order chi connectivity index (χ0) is 20.6. The third-order valence-electron chi connectivity index (χ3n) is 4.01. The van der Waals surface area contributed by atoms with E-state index in [-0.39, 0.29) is 17.6 Å². The molecule has 0 aliphatic heterocycles. The number of benzene rings is 2. The number of carbonyl (C=O) groups excluding carboxylic acids is 1. The SMILES string of the molecule is COc1cc(NC(=S)NC(=O)/C=C/c2ccccc2)ccc1-c1ccc(CO)o1. The molecule has 7 heteroatoms. The third-order valence-corrected chi connectivity index (χ3v) is 4.21. The van der Waals surface area contributed by atoms with Gasteiger partial charge >= 0.3 is 0 Å². The van der Waals surface area contributed by atoms with Gasteiger partial charge in [-0.15, -0.1) is 0 Å². The van der Waals surface area contributed by atoms with Crippen LogP contribution in [0.5, 0.6) is 5.75 Å². The fourth-order valence-electron chi connectivity index (χ4n) is 2.63. The summed E-state index contributed by atoms with van der Waals surface area (Å²) in [4.78, 5) is 12.0. The lowest BCUT2D eigenvalue weighted by Gasteiger charge is -2.12. The van der Waals surface area contributed by atoms with Crippen molar-refractivity contribution in [3.8, 4) is 17.1 Å². The quantitative estimate of drug-likeness (QED) is 0.423. The maximum absolute atomic E-state index is 12.0. The fourth-order valence-corrected chi connectivity index (χ4v) is 2.85. The van der Waals surface area contributed by atoms with Gasteiger partial charge in [-0.05, 0) is 48.1 Å². The van der Waals surface area contributed by atoms with Gasteiger partial charge in [0, 0.05) is 17.8 Å². The van der Waals surface area contributed by atoms with Crippen LogP contribution in [0.4, 0.5) is 5.69 Å². The van der Waals surface area contributed by atoms with Crippen LogP contribution in [0.3, 0.4) is 0 Å². The van der Waals surface area contributed by atoms with Gasteiger partial charge in [0.25, 0.3) is 0 Å². The van der Waals surface area contributed by atoms with Crippen molar-refractivity contribution in [1.29, 1.82) is 0 Å². The molecule has 0 saturated heterocycles. The van der Waals surface area contributed by atoms with E-state index >= 15 is 0 Å². The summed E-state index contributed by atoms with van der Waals surface area (Å²) in [6.07, 6.45) is 3.13. The number of aliphatic hydroxyl groups excluding tert-OH is 1. The van der Waals surface area contributed by atoms with E-state index in [1.54, 1.807) is 43.5 Å². The Morgan fingerprint density at radius 1 is 1.17 bits per heavy atom. The number of hydrogen-bond acceptors (Lipinski definition) is 5. The summed E-state index contributed by atoms with van der Waals surface area (Å²) in [6, 6.07) is 18.3. The highest BCUT2D eigenvalue weighted by atomic mass is 32.1. The van der Waals surface area contributed by atoms with E-state index in [2.05, 4.69) is 10.6 Å². The Balaban J connectivity index is 1.64. The molecule has 0 spiro atoms. The Bertz CT molecular complexity index is 1030. The first-order valence-corrected chi connectivity index (χ1v) is 9.23. The topological polar surface area (TPSA) is 83.7 Å². The average molecular weight is 408 g/mol. The van der Waals surface area contributed by atoms with Crippen LogP contribution in [0, 0.1) is 0 Å². The number of hydrogen-bond donors (Lipinski definition) is 3. The standard InChI is InChI=1S/C22H20N2O4S/c1-27-20-13-16(8-10-18(20)19-11-9-17(14-25)28-19)23-22(29)24-21(26)12-7-15-5-3-2-4-6-15/h2-13,25H,14H2,1H3,(H2,23,24,26,29)/b12-7+. The maximum atomic E-state index is 12.0. The van der Waals surface area contributed by atoms with Crippen molar-refractivity contribution in [2.75, 3.05) is 12.4 Å². The normalized spacial score (nSPS) is 10.7. The number of rotatable bonds is 6. The molecule has 3 N–H and O–H groups in total. The van der Waals surface area contributed by atoms with Crippen LogP contribution in [0.2, 0.25) is 0 Å². The van der Waals surface area contributed by atoms with Crippen LogP contribution < -0.4 is 15.4 Å². The van der Waals surface area contributed by atoms with E-state index in [1.807, 2.05) is 30.3 Å². The third kappa shape index (κ3) is 5.54. The van der Waals surface area contributed by atoms with E-state index in [4.69, 9.17) is 26.5 Å². The number of nitrogens with one attached hydrogen (secondary N) is 2. The average Bonchev–Trinajstić information content (AvgIpc) is 3.22. The number of furan rings is 1. The van der Waals surface area contributed by atoms with Crippen molar-refractivity contribution >= 4 is 35.0 Å². The fraction of sp³-hybridized carbons (Fsp3) is 0.0909. The molecule has 29 heavy (non-hydrogen) atoms. The molecule has 0 aliphatic carbocycles. The van der Waals surface area contributed by atoms with Gasteiger partial charge in [0.1, 0.15) is 23.9 Å². The van der Waals surface area contributed by atoms with Crippen molar-refractivity contribution in [1.82, 2.24) is 5.32 Å². The number of amides is 1. The van der Waals surface area contributed by atoms with Crippen molar-refractivity contribution in [3.63, 3.8) is 0 Å². The Kier molecular flexibility index (Phi) is 6.78. The first-order chi connectivity index (χ1) is 14.1. The summed E-state index contributed by atoms with van der Waals surface area (Å²) in [5, 5.41) is 14.9. The first kappa shape index (κ1) is 20.3. The minimum Gasteiger partial charge on any atom is -0.496 e. The highest BCUT2D eigenvalue weighted by molar-refractivity contribution is 7.80. The minimum absolute atomic E-state index is 0.170. The Morgan fingerprint density at radius 3 is 2.66 bits per heavy atom. The summed E-state index contributed by atoms with van der Waals surface area (Å²) < 4.78 is 11.0. The Labute approximate surface area is 173 Å². The largest absolute Gasteiger partial charge is 0.496 e. The van der Waals surface area contributed by atoms with Crippen LogP contribution in [0.15, 0.2) is 71.2 Å². The number of carbonyl (C=O) groups is 1. The molecule has 0 unspecified atom stereocenters. The van der Waals surface area contributed by atoms with E-state index in [9.17, 15) is 4.79 Å². The predicted octanol–water partition coefficient (Wildman–Crippen LogP) is 3.97. The van der Waals surface area contributed by atoms with Crippen molar-refractivity contribution in [3.05, 3.63) is 78.1 Å². The monoisotopic (exact) mass is 408 g/mol. The van der Waals surface area contributed by atoms with Gasteiger partial charge in [-0.1, -0.05) is 30.3 Å². The molecule has 0 saturated carbocycles. The molecule has 0 aliphatic rings. The lowest BCUT2D eigenvalue weighted by molar-refractivity contribution is -0.115. The Morgan fingerprint density at radius 2 is 1.97 bits per heavy atom. The second kappa shape index (κ2) is 9.68. The molecule has 0 bridgehead atoms. The highest BCUT2D eigenvalue weighted by Gasteiger charge is 2.12. The van der Waals surface area contributed by atoms with E-state index in [0.717, 1.165) is 11.1 Å². The van der Waals surface area contributed by atoms with Crippen molar-refractivity contribution in [2.45, 2.75) is 6.61 Å². The summed E-state index contributed by atoms with van der Waals surface area (Å²) in [7, 11) is 1.55. The maximum Gasteiger partial charge on any atom is 0.250 e. The Hall–Kier alpha value is -3.42. The van der Waals surface area contributed by atoms with Crippen LogP contribution in [0.25, 0.3) is 17.4 Å². The van der Waals surface area contributed by atoms with Gasteiger partial charge in [-0.2, -0.15) is 0 Å². The molecule has 3 aromatic rings. The van der Waals surface area contributed by atoms with Crippen LogP contribution in [0.1, 0.15) is 11.3 Å². The van der Waals surface area contributed by atoms with Gasteiger partial charge in [0.05, 0.1) is 12.7 Å². The van der Waals surface area contributed by atoms with Crippen LogP contribution in [-0.2, 0) is 11.4 Å². The van der Waals surface area contributed by atoms with E-state index in [0.29, 0.717) is 23.0 Å². The van der Waals surface area contributed by atoms with Crippen molar-refractivity contribution in [2.24, 2.45) is 0 Å². The summed E-state index contributed by atoms with van der Waals surface area (Å²) in [5.74, 6) is 1.28. The number of thiocarbonyl (C=S) groups is 1.